The highest BCUT2D eigenvalue weighted by molar-refractivity contribution is 7.85. The summed E-state index contributed by atoms with van der Waals surface area (Å²) < 4.78 is 49.1. The van der Waals surface area contributed by atoms with E-state index in [1.807, 2.05) is 91.8 Å². The topological polar surface area (TPSA) is 267 Å². The van der Waals surface area contributed by atoms with E-state index in [0.29, 0.717) is 53.2 Å². The van der Waals surface area contributed by atoms with Crippen molar-refractivity contribution in [2.75, 3.05) is 19.8 Å². The summed E-state index contributed by atoms with van der Waals surface area (Å²) in [5.74, 6) is 1.88. The molecule has 0 aliphatic carbocycles. The van der Waals surface area contributed by atoms with Crippen LogP contribution in [0, 0.1) is 27.7 Å². The minimum Gasteiger partial charge on any atom is -0.744 e. The number of rotatable bonds is 18. The molecule has 0 saturated heterocycles. The number of ether oxygens (including phenoxy) is 3. The number of aliphatic hydroxyl groups excluding tert-OH is 6. The predicted octanol–water partition coefficient (Wildman–Crippen LogP) is 8.14. The van der Waals surface area contributed by atoms with Crippen molar-refractivity contribution in [2.24, 2.45) is 0 Å². The first-order valence-electron chi connectivity index (χ1n) is 23.8. The van der Waals surface area contributed by atoms with Gasteiger partial charge in [0.05, 0.1) is 64.4 Å². The third kappa shape index (κ3) is 13.5. The van der Waals surface area contributed by atoms with E-state index >= 15 is 0 Å². The van der Waals surface area contributed by atoms with Crippen molar-refractivity contribution < 1.29 is 73.1 Å². The first kappa shape index (κ1) is 59.4. The summed E-state index contributed by atoms with van der Waals surface area (Å²) in [5, 5.41) is 91.1. The minimum absolute atomic E-state index is 0.0851. The van der Waals surface area contributed by atoms with Gasteiger partial charge in [-0.3, -0.25) is 0 Å². The van der Waals surface area contributed by atoms with Gasteiger partial charge < -0.3 is 64.7 Å². The molecule has 0 aliphatic heterocycles. The van der Waals surface area contributed by atoms with Crippen LogP contribution in [0.25, 0.3) is 0 Å². The Hall–Kier alpha value is -6.21. The van der Waals surface area contributed by atoms with Crippen molar-refractivity contribution in [3.05, 3.63) is 168 Å². The Labute approximate surface area is 429 Å². The summed E-state index contributed by atoms with van der Waals surface area (Å²) in [6.45, 7) is 18.1. The Morgan fingerprint density at radius 1 is 0.466 bits per heavy atom. The van der Waals surface area contributed by atoms with Crippen molar-refractivity contribution >= 4 is 10.1 Å². The van der Waals surface area contributed by atoms with E-state index in [2.05, 4.69) is 0 Å². The van der Waals surface area contributed by atoms with Gasteiger partial charge in [-0.05, 0) is 131 Å². The molecule has 9 N–H and O–H groups in total. The van der Waals surface area contributed by atoms with Gasteiger partial charge in [0.15, 0.2) is 0 Å². The summed E-state index contributed by atoms with van der Waals surface area (Å²) in [5.41, 5.74) is 6.47. The second kappa shape index (κ2) is 25.6. The van der Waals surface area contributed by atoms with Gasteiger partial charge in [-0.2, -0.15) is 0 Å². The average molecular weight is 1030 g/mol. The van der Waals surface area contributed by atoms with Crippen LogP contribution in [0.4, 0.5) is 0 Å². The SMILES string of the molecule is CC(C)(c1ccc(C(C)(c2cc(CO)c(O)c(CO)c2)c2cc(CO)c(O)c(CO)c2)cc1)c1cc(CO)c(O)c(CO)c1.CCOc1cc(OCC)c(C)c(OCC)c1.Cc1cc(C)c(S(=O)(=O)[O-])c(C)c1. The summed E-state index contributed by atoms with van der Waals surface area (Å²) in [4.78, 5) is -0.0851. The molecule has 0 saturated carbocycles. The molecule has 16 heteroatoms. The molecule has 15 nitrogen and oxygen atoms in total. The van der Waals surface area contributed by atoms with Crippen molar-refractivity contribution in [1.82, 2.24) is 0 Å². The molecule has 0 aromatic heterocycles. The number of hydrogen-bond donors (Lipinski definition) is 9. The van der Waals surface area contributed by atoms with Crippen LogP contribution in [0.5, 0.6) is 34.5 Å². The smallest absolute Gasteiger partial charge is 0.129 e. The van der Waals surface area contributed by atoms with Crippen LogP contribution < -0.4 is 14.2 Å². The fraction of sp³-hybridized carbons (Fsp3) is 0.368. The lowest BCUT2D eigenvalue weighted by atomic mass is 9.68. The Morgan fingerprint density at radius 3 is 1.08 bits per heavy atom. The van der Waals surface area contributed by atoms with Crippen LogP contribution in [0.2, 0.25) is 0 Å². The van der Waals surface area contributed by atoms with E-state index in [-0.39, 0.29) is 44.4 Å². The van der Waals surface area contributed by atoms with Gasteiger partial charge in [0.2, 0.25) is 0 Å². The molecule has 0 spiro atoms. The first-order valence-corrected chi connectivity index (χ1v) is 25.2. The van der Waals surface area contributed by atoms with Gasteiger partial charge in [0.1, 0.15) is 44.6 Å². The molecule has 0 aliphatic rings. The number of aryl methyl sites for hydroxylation is 3. The summed E-state index contributed by atoms with van der Waals surface area (Å²) in [6.07, 6.45) is 0. The number of benzene rings is 6. The van der Waals surface area contributed by atoms with Gasteiger partial charge in [0, 0.05) is 61.9 Å². The summed E-state index contributed by atoms with van der Waals surface area (Å²) in [6, 6.07) is 24.8. The molecule has 0 unspecified atom stereocenters. The summed E-state index contributed by atoms with van der Waals surface area (Å²) in [7, 11) is -4.33. The standard InChI is InChI=1S/C35H40O9.C13H20O3.C9H12O3S/c1-34(2,28-8-20(14-36)31(42)21(9-28)15-37)26-4-6-27(7-5-26)35(3,29-10-22(16-38)32(43)23(11-29)17-39)30-12-24(18-40)33(44)25(13-30)19-41;1-5-14-11-8-12(15-6-2)10(4)13(9-11)16-7-3;1-6-4-7(2)9(8(3)5-6)13(10,11)12/h4-13,36-44H,14-19H2,1-3H3;8-9H,5-7H2,1-4H3;4-5H,1-3H3,(H,10,11,12)/p-1. The van der Waals surface area contributed by atoms with E-state index < -0.39 is 60.6 Å². The van der Waals surface area contributed by atoms with Crippen molar-refractivity contribution in [1.29, 1.82) is 0 Å². The van der Waals surface area contributed by atoms with Gasteiger partial charge in [0.25, 0.3) is 0 Å². The van der Waals surface area contributed by atoms with Crippen LogP contribution in [0.15, 0.2) is 89.8 Å². The molecule has 0 amide bonds. The third-order valence-electron chi connectivity index (χ3n) is 12.9. The fourth-order valence-corrected chi connectivity index (χ4v) is 9.79. The highest BCUT2D eigenvalue weighted by Gasteiger charge is 2.35. The van der Waals surface area contributed by atoms with Crippen molar-refractivity contribution in [3.63, 3.8) is 0 Å². The maximum atomic E-state index is 10.8. The molecule has 6 aromatic carbocycles. The van der Waals surface area contributed by atoms with Crippen molar-refractivity contribution in [3.8, 4) is 34.5 Å². The Morgan fingerprint density at radius 2 is 0.781 bits per heavy atom. The zero-order valence-corrected chi connectivity index (χ0v) is 44.1. The van der Waals surface area contributed by atoms with Gasteiger partial charge in [-0.1, -0.05) is 55.8 Å². The highest BCUT2D eigenvalue weighted by atomic mass is 32.2. The monoisotopic (exact) mass is 1030 g/mol. The predicted molar refractivity (Wildman–Crippen MR) is 277 cm³/mol. The molecule has 0 fully saturated rings. The molecule has 0 radical (unpaired) electrons. The van der Waals surface area contributed by atoms with Crippen LogP contribution in [0.1, 0.15) is 125 Å². The normalized spacial score (nSPS) is 11.6. The Kier molecular flexibility index (Phi) is 20.8. The third-order valence-corrected chi connectivity index (χ3v) is 14.1. The quantitative estimate of drug-likeness (QED) is 0.0290. The number of aromatic hydroxyl groups is 3. The second-order valence-corrected chi connectivity index (χ2v) is 19.5. The highest BCUT2D eigenvalue weighted by Crippen LogP contribution is 2.45. The fourth-order valence-electron chi connectivity index (χ4n) is 8.89. The molecular weight excluding hydrogens is 957 g/mol. The first-order chi connectivity index (χ1) is 34.4. The minimum atomic E-state index is -4.33. The molecular formula is C57H71O15S-. The largest absolute Gasteiger partial charge is 0.744 e. The summed E-state index contributed by atoms with van der Waals surface area (Å²) >= 11 is 0. The number of aliphatic hydroxyl groups is 6. The van der Waals surface area contributed by atoms with Crippen LogP contribution in [-0.4, -0.2) is 78.7 Å². The van der Waals surface area contributed by atoms with Gasteiger partial charge in [-0.15, -0.1) is 0 Å². The van der Waals surface area contributed by atoms with Crippen LogP contribution in [0.3, 0.4) is 0 Å². The molecule has 396 valence electrons. The van der Waals surface area contributed by atoms with E-state index in [0.717, 1.165) is 45.1 Å². The zero-order valence-electron chi connectivity index (χ0n) is 43.3. The van der Waals surface area contributed by atoms with E-state index in [9.17, 15) is 58.9 Å². The van der Waals surface area contributed by atoms with E-state index in [1.54, 1.807) is 62.4 Å². The maximum Gasteiger partial charge on any atom is 0.129 e. The Balaban J connectivity index is 0.000000322. The number of phenols is 3. The molecule has 6 rings (SSSR count). The van der Waals surface area contributed by atoms with Crippen molar-refractivity contribution in [2.45, 2.75) is 125 Å². The number of hydrogen-bond acceptors (Lipinski definition) is 15. The lowest BCUT2D eigenvalue weighted by Crippen LogP contribution is -2.27. The van der Waals surface area contributed by atoms with Gasteiger partial charge in [-0.25, -0.2) is 8.42 Å². The van der Waals surface area contributed by atoms with Gasteiger partial charge >= 0.3 is 0 Å². The average Bonchev–Trinajstić information content (AvgIpc) is 3.35. The molecule has 0 bridgehead atoms. The van der Waals surface area contributed by atoms with E-state index in [1.165, 1.54) is 0 Å². The molecule has 73 heavy (non-hydrogen) atoms. The zero-order chi connectivity index (χ0) is 54.6. The lowest BCUT2D eigenvalue weighted by Gasteiger charge is -2.35. The van der Waals surface area contributed by atoms with Crippen LogP contribution >= 0.6 is 0 Å². The Bertz CT molecular complexity index is 2760. The second-order valence-electron chi connectivity index (χ2n) is 18.2. The molecule has 0 heterocycles. The van der Waals surface area contributed by atoms with Crippen LogP contribution in [-0.2, 0) is 60.6 Å². The molecule has 0 atom stereocenters. The maximum absolute atomic E-state index is 10.8. The molecule has 6 aromatic rings. The van der Waals surface area contributed by atoms with E-state index in [4.69, 9.17) is 14.2 Å². The lowest BCUT2D eigenvalue weighted by molar-refractivity contribution is 0.262.